The molecule has 1 aliphatic heterocycles. The number of ether oxygens (including phenoxy) is 1. The Balaban J connectivity index is 2.12. The fraction of sp³-hybridized carbons (Fsp3) is 0.625. The number of benzene rings is 1. The number of hydrogen-bond acceptors (Lipinski definition) is 2. The molecule has 2 rings (SSSR count). The van der Waals surface area contributed by atoms with Crippen molar-refractivity contribution in [3.05, 3.63) is 34.6 Å². The summed E-state index contributed by atoms with van der Waals surface area (Å²) in [5.41, 5.74) is 1.00. The summed E-state index contributed by atoms with van der Waals surface area (Å²) in [4.78, 5) is 0. The first kappa shape index (κ1) is 15.7. The summed E-state index contributed by atoms with van der Waals surface area (Å²) >= 11 is 6.15. The van der Waals surface area contributed by atoms with E-state index < -0.39 is 0 Å². The molecule has 1 aliphatic rings. The van der Waals surface area contributed by atoms with Crippen LogP contribution in [0.25, 0.3) is 0 Å². The molecule has 0 bridgehead atoms. The molecule has 1 saturated heterocycles. The average molecular weight is 300 g/mol. The van der Waals surface area contributed by atoms with Crippen molar-refractivity contribution in [1.29, 1.82) is 0 Å². The van der Waals surface area contributed by atoms with Gasteiger partial charge < -0.3 is 10.1 Å². The van der Waals surface area contributed by atoms with E-state index in [0.717, 1.165) is 38.0 Å². The minimum absolute atomic E-state index is 0.283. The number of likely N-dealkylation sites (N-methyl/N-ethyl adjacent to an activating group) is 1. The summed E-state index contributed by atoms with van der Waals surface area (Å²) in [6.07, 6.45) is 3.24. The van der Waals surface area contributed by atoms with Gasteiger partial charge in [0.1, 0.15) is 5.82 Å². The zero-order valence-electron chi connectivity index (χ0n) is 12.2. The van der Waals surface area contributed by atoms with Crippen LogP contribution >= 0.6 is 11.6 Å². The lowest BCUT2D eigenvalue weighted by Gasteiger charge is -2.28. The van der Waals surface area contributed by atoms with Crippen molar-refractivity contribution < 1.29 is 9.13 Å². The monoisotopic (exact) mass is 299 g/mol. The van der Waals surface area contributed by atoms with Crippen LogP contribution in [0.15, 0.2) is 18.2 Å². The predicted molar refractivity (Wildman–Crippen MR) is 80.7 cm³/mol. The van der Waals surface area contributed by atoms with Gasteiger partial charge in [-0.05, 0) is 43.5 Å². The number of halogens is 2. The summed E-state index contributed by atoms with van der Waals surface area (Å²) in [5.74, 6) is 0.218. The highest BCUT2D eigenvalue weighted by atomic mass is 35.5. The maximum absolute atomic E-state index is 13.1. The maximum atomic E-state index is 13.1. The van der Waals surface area contributed by atoms with Crippen LogP contribution in [0.3, 0.4) is 0 Å². The van der Waals surface area contributed by atoms with Crippen molar-refractivity contribution in [3.63, 3.8) is 0 Å². The van der Waals surface area contributed by atoms with Gasteiger partial charge in [0.05, 0.1) is 6.10 Å². The van der Waals surface area contributed by atoms with E-state index in [4.69, 9.17) is 16.3 Å². The predicted octanol–water partition coefficient (Wildman–Crippen LogP) is 3.81. The molecule has 3 atom stereocenters. The minimum Gasteiger partial charge on any atom is -0.378 e. The van der Waals surface area contributed by atoms with Gasteiger partial charge in [0.15, 0.2) is 0 Å². The minimum atomic E-state index is -0.283. The van der Waals surface area contributed by atoms with Crippen LogP contribution < -0.4 is 5.32 Å². The normalized spacial score (nSPS) is 24.0. The van der Waals surface area contributed by atoms with Gasteiger partial charge in [-0.2, -0.15) is 0 Å². The van der Waals surface area contributed by atoms with Crippen molar-refractivity contribution in [2.75, 3.05) is 13.2 Å². The molecule has 0 aromatic heterocycles. The Morgan fingerprint density at radius 2 is 2.25 bits per heavy atom. The zero-order chi connectivity index (χ0) is 14.5. The van der Waals surface area contributed by atoms with Crippen molar-refractivity contribution in [2.45, 2.75) is 45.3 Å². The summed E-state index contributed by atoms with van der Waals surface area (Å²) < 4.78 is 18.9. The molecule has 1 N–H and O–H groups in total. The molecule has 3 unspecified atom stereocenters. The van der Waals surface area contributed by atoms with E-state index in [1.165, 1.54) is 12.1 Å². The van der Waals surface area contributed by atoms with Gasteiger partial charge in [-0.3, -0.25) is 0 Å². The molecular weight excluding hydrogens is 277 g/mol. The number of hydrogen-bond donors (Lipinski definition) is 1. The fourth-order valence-electron chi connectivity index (χ4n) is 3.11. The van der Waals surface area contributed by atoms with E-state index in [2.05, 4.69) is 19.2 Å². The number of rotatable bonds is 6. The average Bonchev–Trinajstić information content (AvgIpc) is 2.89. The van der Waals surface area contributed by atoms with E-state index >= 15 is 0 Å². The molecular formula is C16H23ClFNO. The summed E-state index contributed by atoms with van der Waals surface area (Å²) in [7, 11) is 0. The van der Waals surface area contributed by atoms with E-state index in [9.17, 15) is 4.39 Å². The molecule has 112 valence electrons. The highest BCUT2D eigenvalue weighted by Gasteiger charge is 2.33. The quantitative estimate of drug-likeness (QED) is 0.862. The van der Waals surface area contributed by atoms with Gasteiger partial charge >= 0.3 is 0 Å². The SMILES string of the molecule is CCNC(Cc1ccc(F)cc1Cl)C1CCOC1CC. The van der Waals surface area contributed by atoms with Crippen molar-refractivity contribution in [2.24, 2.45) is 5.92 Å². The maximum Gasteiger partial charge on any atom is 0.124 e. The van der Waals surface area contributed by atoms with E-state index in [-0.39, 0.29) is 5.82 Å². The Morgan fingerprint density at radius 1 is 1.45 bits per heavy atom. The highest BCUT2D eigenvalue weighted by molar-refractivity contribution is 6.31. The molecule has 1 aromatic carbocycles. The Hall–Kier alpha value is -0.640. The van der Waals surface area contributed by atoms with Crippen LogP contribution in [-0.4, -0.2) is 25.3 Å². The molecule has 1 fully saturated rings. The second-order valence-corrected chi connectivity index (χ2v) is 5.78. The Labute approximate surface area is 125 Å². The zero-order valence-corrected chi connectivity index (χ0v) is 12.9. The van der Waals surface area contributed by atoms with Crippen molar-refractivity contribution in [1.82, 2.24) is 5.32 Å². The first-order chi connectivity index (χ1) is 9.65. The lowest BCUT2D eigenvalue weighted by Crippen LogP contribution is -2.41. The second-order valence-electron chi connectivity index (χ2n) is 5.37. The molecule has 4 heteroatoms. The lowest BCUT2D eigenvalue weighted by atomic mass is 9.87. The lowest BCUT2D eigenvalue weighted by molar-refractivity contribution is 0.0776. The Kier molecular flexibility index (Phi) is 5.82. The van der Waals surface area contributed by atoms with Crippen LogP contribution in [0, 0.1) is 11.7 Å². The number of nitrogens with one attached hydrogen (secondary N) is 1. The molecule has 20 heavy (non-hydrogen) atoms. The van der Waals surface area contributed by atoms with Crippen LogP contribution in [-0.2, 0) is 11.2 Å². The molecule has 0 spiro atoms. The third-order valence-electron chi connectivity index (χ3n) is 4.10. The Morgan fingerprint density at radius 3 is 2.90 bits per heavy atom. The van der Waals surface area contributed by atoms with Gasteiger partial charge in [0.25, 0.3) is 0 Å². The van der Waals surface area contributed by atoms with Gasteiger partial charge in [-0.15, -0.1) is 0 Å². The Bertz CT molecular complexity index is 440. The largest absolute Gasteiger partial charge is 0.378 e. The van der Waals surface area contributed by atoms with Crippen LogP contribution in [0.4, 0.5) is 4.39 Å². The molecule has 2 nitrogen and oxygen atoms in total. The van der Waals surface area contributed by atoms with E-state index in [1.807, 2.05) is 0 Å². The molecule has 1 heterocycles. The second kappa shape index (κ2) is 7.39. The van der Waals surface area contributed by atoms with E-state index in [0.29, 0.717) is 23.1 Å². The topological polar surface area (TPSA) is 21.3 Å². The van der Waals surface area contributed by atoms with E-state index in [1.54, 1.807) is 6.07 Å². The summed E-state index contributed by atoms with van der Waals surface area (Å²) in [6, 6.07) is 4.99. The fourth-order valence-corrected chi connectivity index (χ4v) is 3.35. The third-order valence-corrected chi connectivity index (χ3v) is 4.45. The smallest absolute Gasteiger partial charge is 0.124 e. The molecule has 0 aliphatic carbocycles. The van der Waals surface area contributed by atoms with Gasteiger partial charge in [-0.1, -0.05) is 31.5 Å². The molecule has 1 aromatic rings. The first-order valence-electron chi connectivity index (χ1n) is 7.44. The third kappa shape index (κ3) is 3.72. The standard InChI is InChI=1S/C16H23ClFNO/c1-3-16-13(7-8-20-16)15(19-4-2)9-11-5-6-12(18)10-14(11)17/h5-6,10,13,15-16,19H,3-4,7-9H2,1-2H3. The molecule has 0 amide bonds. The van der Waals surface area contributed by atoms with Crippen molar-refractivity contribution in [3.8, 4) is 0 Å². The molecule has 0 saturated carbocycles. The molecule has 0 radical (unpaired) electrons. The summed E-state index contributed by atoms with van der Waals surface area (Å²) in [6.45, 7) is 6.02. The van der Waals surface area contributed by atoms with Crippen LogP contribution in [0.1, 0.15) is 32.3 Å². The summed E-state index contributed by atoms with van der Waals surface area (Å²) in [5, 5.41) is 4.06. The van der Waals surface area contributed by atoms with Gasteiger partial charge in [-0.25, -0.2) is 4.39 Å². The first-order valence-corrected chi connectivity index (χ1v) is 7.82. The highest BCUT2D eigenvalue weighted by Crippen LogP contribution is 2.29. The van der Waals surface area contributed by atoms with Gasteiger partial charge in [0.2, 0.25) is 0 Å². The van der Waals surface area contributed by atoms with Crippen LogP contribution in [0.2, 0.25) is 5.02 Å². The van der Waals surface area contributed by atoms with Gasteiger partial charge in [0, 0.05) is 23.6 Å². The van der Waals surface area contributed by atoms with Crippen LogP contribution in [0.5, 0.6) is 0 Å². The van der Waals surface area contributed by atoms with Crippen molar-refractivity contribution >= 4 is 11.6 Å².